The van der Waals surface area contributed by atoms with Crippen LogP contribution in [-0.4, -0.2) is 10.9 Å². The van der Waals surface area contributed by atoms with Crippen molar-refractivity contribution in [2.24, 2.45) is 0 Å². The van der Waals surface area contributed by atoms with Gasteiger partial charge in [0.1, 0.15) is 11.9 Å². The van der Waals surface area contributed by atoms with Gasteiger partial charge in [0.2, 0.25) is 11.8 Å². The van der Waals surface area contributed by atoms with Gasteiger partial charge in [-0.25, -0.2) is 4.98 Å². The molecule has 2 aromatic carbocycles. The Bertz CT molecular complexity index is 873. The topological polar surface area (TPSA) is 78.9 Å². The van der Waals surface area contributed by atoms with Crippen molar-refractivity contribution in [1.82, 2.24) is 4.98 Å². The lowest BCUT2D eigenvalue weighted by molar-refractivity contribution is -0.115. The van der Waals surface area contributed by atoms with Crippen molar-refractivity contribution in [3.05, 3.63) is 48.0 Å². The molecule has 0 aliphatic heterocycles. The van der Waals surface area contributed by atoms with Crippen LogP contribution in [0.5, 0.6) is 0 Å². The Balaban J connectivity index is 1.92. The second kappa shape index (κ2) is 5.70. The van der Waals surface area contributed by atoms with Crippen LogP contribution < -0.4 is 5.32 Å². The molecule has 0 saturated carbocycles. The van der Waals surface area contributed by atoms with Crippen molar-refractivity contribution in [3.8, 4) is 17.5 Å². The molecule has 3 rings (SSSR count). The van der Waals surface area contributed by atoms with E-state index in [1.807, 2.05) is 37.3 Å². The van der Waals surface area contributed by atoms with Crippen molar-refractivity contribution in [2.45, 2.75) is 13.3 Å². The number of hydrogen-bond donors (Lipinski definition) is 1. The molecular formula is C17H13N3O2. The van der Waals surface area contributed by atoms with Gasteiger partial charge in [-0.15, -0.1) is 0 Å². The number of carbonyl (C=O) groups is 1. The van der Waals surface area contributed by atoms with Gasteiger partial charge in [-0.3, -0.25) is 4.79 Å². The molecule has 1 aromatic heterocycles. The fraction of sp³-hybridized carbons (Fsp3) is 0.118. The Morgan fingerprint density at radius 2 is 2.05 bits per heavy atom. The van der Waals surface area contributed by atoms with Gasteiger partial charge in [-0.2, -0.15) is 5.26 Å². The first-order chi connectivity index (χ1) is 10.7. The molecular weight excluding hydrogens is 278 g/mol. The summed E-state index contributed by atoms with van der Waals surface area (Å²) in [5.74, 6) is 0.194. The van der Waals surface area contributed by atoms with Crippen LogP contribution in [0.25, 0.3) is 22.6 Å². The monoisotopic (exact) mass is 291 g/mol. The summed E-state index contributed by atoms with van der Waals surface area (Å²) >= 11 is 0. The number of benzene rings is 2. The lowest BCUT2D eigenvalue weighted by Crippen LogP contribution is -2.09. The predicted octanol–water partition coefficient (Wildman–Crippen LogP) is 3.66. The third-order valence-corrected chi connectivity index (χ3v) is 3.21. The van der Waals surface area contributed by atoms with E-state index in [-0.39, 0.29) is 12.3 Å². The van der Waals surface area contributed by atoms with Crippen LogP contribution in [0, 0.1) is 18.3 Å². The molecule has 108 valence electrons. The van der Waals surface area contributed by atoms with E-state index in [0.29, 0.717) is 22.7 Å². The molecule has 1 N–H and O–H groups in total. The maximum absolute atomic E-state index is 11.4. The Hall–Kier alpha value is -3.13. The summed E-state index contributed by atoms with van der Waals surface area (Å²) in [6.07, 6.45) is -0.175. The molecule has 22 heavy (non-hydrogen) atoms. The Labute approximate surface area is 127 Å². The molecule has 0 unspecified atom stereocenters. The molecule has 0 radical (unpaired) electrons. The molecule has 0 aliphatic rings. The number of hydrogen-bond acceptors (Lipinski definition) is 4. The molecule has 3 aromatic rings. The highest BCUT2D eigenvalue weighted by Gasteiger charge is 2.09. The Morgan fingerprint density at radius 3 is 2.77 bits per heavy atom. The predicted molar refractivity (Wildman–Crippen MR) is 83.0 cm³/mol. The van der Waals surface area contributed by atoms with Crippen LogP contribution in [0.2, 0.25) is 0 Å². The van der Waals surface area contributed by atoms with Gasteiger partial charge in [0.15, 0.2) is 5.58 Å². The quantitative estimate of drug-likeness (QED) is 0.798. The zero-order valence-electron chi connectivity index (χ0n) is 12.0. The largest absolute Gasteiger partial charge is 0.436 e. The standard InChI is InChI=1S/C17H13N3O2/c1-11-2-4-12(5-3-11)17-20-14-10-13(6-7-15(14)22-17)19-16(21)8-9-18/h2-7,10H,8H2,1H3,(H,19,21). The van der Waals surface area contributed by atoms with Crippen LogP contribution in [0.4, 0.5) is 5.69 Å². The van der Waals surface area contributed by atoms with Crippen LogP contribution in [0.1, 0.15) is 12.0 Å². The molecule has 0 saturated heterocycles. The molecule has 0 spiro atoms. The Morgan fingerprint density at radius 1 is 1.27 bits per heavy atom. The zero-order chi connectivity index (χ0) is 15.5. The minimum Gasteiger partial charge on any atom is -0.436 e. The highest BCUT2D eigenvalue weighted by Crippen LogP contribution is 2.26. The number of carbonyl (C=O) groups excluding carboxylic acids is 1. The number of nitriles is 1. The summed E-state index contributed by atoms with van der Waals surface area (Å²) in [4.78, 5) is 15.9. The average Bonchev–Trinajstić information content (AvgIpc) is 2.91. The number of rotatable bonds is 3. The van der Waals surface area contributed by atoms with Crippen LogP contribution in [0.15, 0.2) is 46.9 Å². The molecule has 1 amide bonds. The normalized spacial score (nSPS) is 10.4. The number of amides is 1. The number of nitrogens with zero attached hydrogens (tertiary/aromatic N) is 2. The van der Waals surface area contributed by atoms with E-state index >= 15 is 0 Å². The summed E-state index contributed by atoms with van der Waals surface area (Å²) in [6, 6.07) is 14.9. The third kappa shape index (κ3) is 2.81. The van der Waals surface area contributed by atoms with Crippen molar-refractivity contribution in [3.63, 3.8) is 0 Å². The molecule has 1 heterocycles. The highest BCUT2D eigenvalue weighted by atomic mass is 16.3. The van der Waals surface area contributed by atoms with E-state index in [1.165, 1.54) is 5.56 Å². The van der Waals surface area contributed by atoms with Gasteiger partial charge < -0.3 is 9.73 Å². The van der Waals surface area contributed by atoms with Crippen LogP contribution in [0.3, 0.4) is 0 Å². The van der Waals surface area contributed by atoms with Crippen molar-refractivity contribution >= 4 is 22.7 Å². The van der Waals surface area contributed by atoms with E-state index in [2.05, 4.69) is 10.3 Å². The molecule has 5 heteroatoms. The van der Waals surface area contributed by atoms with Crippen molar-refractivity contribution in [2.75, 3.05) is 5.32 Å². The number of oxazole rings is 1. The van der Waals surface area contributed by atoms with Gasteiger partial charge >= 0.3 is 0 Å². The summed E-state index contributed by atoms with van der Waals surface area (Å²) in [5, 5.41) is 11.1. The first-order valence-electron chi connectivity index (χ1n) is 6.80. The second-order valence-corrected chi connectivity index (χ2v) is 4.95. The number of nitrogens with one attached hydrogen (secondary N) is 1. The smallest absolute Gasteiger partial charge is 0.238 e. The number of aryl methyl sites for hydroxylation is 1. The first kappa shape index (κ1) is 13.8. The Kier molecular flexibility index (Phi) is 3.58. The van der Waals surface area contributed by atoms with Gasteiger partial charge in [0, 0.05) is 11.3 Å². The van der Waals surface area contributed by atoms with E-state index < -0.39 is 0 Å². The first-order valence-corrected chi connectivity index (χ1v) is 6.80. The summed E-state index contributed by atoms with van der Waals surface area (Å²) in [7, 11) is 0. The lowest BCUT2D eigenvalue weighted by atomic mass is 10.1. The van der Waals surface area contributed by atoms with Crippen LogP contribution in [-0.2, 0) is 4.79 Å². The molecule has 5 nitrogen and oxygen atoms in total. The minimum atomic E-state index is -0.343. The third-order valence-electron chi connectivity index (χ3n) is 3.21. The maximum Gasteiger partial charge on any atom is 0.238 e. The van der Waals surface area contributed by atoms with E-state index in [0.717, 1.165) is 5.56 Å². The number of anilines is 1. The van der Waals surface area contributed by atoms with Gasteiger partial charge in [-0.1, -0.05) is 17.7 Å². The lowest BCUT2D eigenvalue weighted by Gasteiger charge is -2.00. The molecule has 0 aliphatic carbocycles. The van der Waals surface area contributed by atoms with Gasteiger partial charge in [0.05, 0.1) is 6.07 Å². The fourth-order valence-corrected chi connectivity index (χ4v) is 2.10. The van der Waals surface area contributed by atoms with E-state index in [4.69, 9.17) is 9.68 Å². The highest BCUT2D eigenvalue weighted by molar-refractivity contribution is 5.94. The van der Waals surface area contributed by atoms with Gasteiger partial charge in [0.25, 0.3) is 0 Å². The maximum atomic E-state index is 11.4. The fourth-order valence-electron chi connectivity index (χ4n) is 2.10. The van der Waals surface area contributed by atoms with E-state index in [1.54, 1.807) is 18.2 Å². The van der Waals surface area contributed by atoms with Gasteiger partial charge in [-0.05, 0) is 37.3 Å². The molecule has 0 bridgehead atoms. The SMILES string of the molecule is Cc1ccc(-c2nc3cc(NC(=O)CC#N)ccc3o2)cc1. The van der Waals surface area contributed by atoms with Crippen molar-refractivity contribution in [1.29, 1.82) is 5.26 Å². The van der Waals surface area contributed by atoms with Crippen LogP contribution >= 0.6 is 0 Å². The summed E-state index contributed by atoms with van der Waals surface area (Å²) < 4.78 is 5.73. The molecule has 0 fully saturated rings. The minimum absolute atomic E-state index is 0.175. The zero-order valence-corrected chi connectivity index (χ0v) is 12.0. The number of fused-ring (bicyclic) bond motifs is 1. The number of aromatic nitrogens is 1. The average molecular weight is 291 g/mol. The summed E-state index contributed by atoms with van der Waals surface area (Å²) in [5.41, 5.74) is 3.97. The van der Waals surface area contributed by atoms with E-state index in [9.17, 15) is 4.79 Å². The van der Waals surface area contributed by atoms with Crippen molar-refractivity contribution < 1.29 is 9.21 Å². The second-order valence-electron chi connectivity index (χ2n) is 4.95. The summed E-state index contributed by atoms with van der Waals surface area (Å²) in [6.45, 7) is 2.02. The molecule has 0 atom stereocenters.